The lowest BCUT2D eigenvalue weighted by Gasteiger charge is -2.29. The molecule has 0 aliphatic carbocycles. The molecule has 1 aromatic carbocycles. The standard InChI is InChI=1S/C12H11N3O4/c13-7-11-8-14(4-5-19-11)12(16)9-2-1-3-10(6-9)15(17)18/h1-3,6,11H,4-5,8H2. The highest BCUT2D eigenvalue weighted by Crippen LogP contribution is 2.16. The molecule has 7 nitrogen and oxygen atoms in total. The van der Waals surface area contributed by atoms with Crippen molar-refractivity contribution in [2.24, 2.45) is 0 Å². The fraction of sp³-hybridized carbons (Fsp3) is 0.333. The van der Waals surface area contributed by atoms with Crippen molar-refractivity contribution in [3.63, 3.8) is 0 Å². The Bertz CT molecular complexity index is 552. The van der Waals surface area contributed by atoms with Crippen molar-refractivity contribution >= 4 is 11.6 Å². The van der Waals surface area contributed by atoms with E-state index in [-0.39, 0.29) is 23.7 Å². The van der Waals surface area contributed by atoms with Gasteiger partial charge in [-0.3, -0.25) is 14.9 Å². The molecule has 0 radical (unpaired) electrons. The largest absolute Gasteiger partial charge is 0.360 e. The van der Waals surface area contributed by atoms with E-state index in [9.17, 15) is 14.9 Å². The van der Waals surface area contributed by atoms with Crippen molar-refractivity contribution in [1.82, 2.24) is 4.90 Å². The number of hydrogen-bond donors (Lipinski definition) is 0. The smallest absolute Gasteiger partial charge is 0.270 e. The number of nitrogens with zero attached hydrogens (tertiary/aromatic N) is 3. The quantitative estimate of drug-likeness (QED) is 0.583. The van der Waals surface area contributed by atoms with Crippen molar-refractivity contribution < 1.29 is 14.5 Å². The Morgan fingerprint density at radius 2 is 2.37 bits per heavy atom. The second-order valence-electron chi connectivity index (χ2n) is 4.05. The summed E-state index contributed by atoms with van der Waals surface area (Å²) in [5.74, 6) is -0.327. The van der Waals surface area contributed by atoms with Gasteiger partial charge in [0.1, 0.15) is 0 Å². The number of ether oxygens (including phenoxy) is 1. The van der Waals surface area contributed by atoms with Gasteiger partial charge in [0.15, 0.2) is 6.10 Å². The molecule has 19 heavy (non-hydrogen) atoms. The molecule has 1 aromatic rings. The molecule has 0 saturated carbocycles. The van der Waals surface area contributed by atoms with E-state index in [1.807, 2.05) is 6.07 Å². The number of hydrogen-bond acceptors (Lipinski definition) is 5. The second kappa shape index (κ2) is 5.46. The minimum atomic E-state index is -0.642. The zero-order chi connectivity index (χ0) is 13.8. The maximum atomic E-state index is 12.2. The fourth-order valence-electron chi connectivity index (χ4n) is 1.85. The Hall–Kier alpha value is -2.46. The molecule has 1 atom stereocenters. The highest BCUT2D eigenvalue weighted by atomic mass is 16.6. The monoisotopic (exact) mass is 261 g/mol. The first-order valence-corrected chi connectivity index (χ1v) is 5.67. The second-order valence-corrected chi connectivity index (χ2v) is 4.05. The lowest BCUT2D eigenvalue weighted by atomic mass is 10.1. The first kappa shape index (κ1) is 13.0. The van der Waals surface area contributed by atoms with Gasteiger partial charge in [-0.15, -0.1) is 0 Å². The number of non-ortho nitro benzene ring substituents is 1. The predicted octanol–water partition coefficient (Wildman–Crippen LogP) is 0.959. The van der Waals surface area contributed by atoms with E-state index in [0.717, 1.165) is 0 Å². The van der Waals surface area contributed by atoms with Crippen molar-refractivity contribution in [3.05, 3.63) is 39.9 Å². The molecule has 7 heteroatoms. The highest BCUT2D eigenvalue weighted by Gasteiger charge is 2.25. The summed E-state index contributed by atoms with van der Waals surface area (Å²) in [6.45, 7) is 0.844. The molecule has 1 amide bonds. The van der Waals surface area contributed by atoms with Crippen molar-refractivity contribution in [2.45, 2.75) is 6.10 Å². The summed E-state index contributed by atoms with van der Waals surface area (Å²) >= 11 is 0. The van der Waals surface area contributed by atoms with Crippen LogP contribution in [-0.4, -0.2) is 41.5 Å². The van der Waals surface area contributed by atoms with Crippen LogP contribution in [0, 0.1) is 21.4 Å². The summed E-state index contributed by atoms with van der Waals surface area (Å²) < 4.78 is 5.14. The lowest BCUT2D eigenvalue weighted by Crippen LogP contribution is -2.45. The third-order valence-electron chi connectivity index (χ3n) is 2.80. The topological polar surface area (TPSA) is 96.5 Å². The van der Waals surface area contributed by atoms with E-state index in [0.29, 0.717) is 13.2 Å². The minimum absolute atomic E-state index is 0.129. The van der Waals surface area contributed by atoms with Gasteiger partial charge in [-0.1, -0.05) is 6.07 Å². The zero-order valence-corrected chi connectivity index (χ0v) is 9.98. The summed E-state index contributed by atoms with van der Waals surface area (Å²) in [4.78, 5) is 23.8. The van der Waals surface area contributed by atoms with Gasteiger partial charge in [0.25, 0.3) is 11.6 Å². The molecular formula is C12H11N3O4. The Balaban J connectivity index is 2.17. The van der Waals surface area contributed by atoms with Crippen molar-refractivity contribution in [2.75, 3.05) is 19.7 Å². The van der Waals surface area contributed by atoms with E-state index in [1.54, 1.807) is 0 Å². The molecule has 1 saturated heterocycles. The van der Waals surface area contributed by atoms with Crippen LogP contribution in [0.3, 0.4) is 0 Å². The number of nitro groups is 1. The maximum Gasteiger partial charge on any atom is 0.270 e. The lowest BCUT2D eigenvalue weighted by molar-refractivity contribution is -0.384. The van der Waals surface area contributed by atoms with Gasteiger partial charge in [-0.25, -0.2) is 0 Å². The molecule has 2 rings (SSSR count). The van der Waals surface area contributed by atoms with Crippen molar-refractivity contribution in [3.8, 4) is 6.07 Å². The molecule has 0 bridgehead atoms. The summed E-state index contributed by atoms with van der Waals surface area (Å²) in [7, 11) is 0. The number of carbonyl (C=O) groups excluding carboxylic acids is 1. The summed E-state index contributed by atoms with van der Waals surface area (Å²) in [5.41, 5.74) is 0.115. The molecule has 0 aromatic heterocycles. The number of carbonyl (C=O) groups is 1. The Morgan fingerprint density at radius 1 is 1.58 bits per heavy atom. The van der Waals surface area contributed by atoms with Crippen LogP contribution in [0.1, 0.15) is 10.4 Å². The summed E-state index contributed by atoms with van der Waals surface area (Å²) in [5, 5.41) is 19.4. The SMILES string of the molecule is N#CC1CN(C(=O)c2cccc([N+](=O)[O-])c2)CCO1. The van der Waals surface area contributed by atoms with Crippen LogP contribution in [0.5, 0.6) is 0 Å². The Labute approximate surface area is 109 Å². The minimum Gasteiger partial charge on any atom is -0.360 e. The van der Waals surface area contributed by atoms with E-state index < -0.39 is 11.0 Å². The van der Waals surface area contributed by atoms with Gasteiger partial charge in [0, 0.05) is 24.2 Å². The van der Waals surface area contributed by atoms with Crippen LogP contribution in [0.15, 0.2) is 24.3 Å². The first-order valence-electron chi connectivity index (χ1n) is 5.67. The van der Waals surface area contributed by atoms with Gasteiger partial charge in [0.05, 0.1) is 24.1 Å². The van der Waals surface area contributed by atoms with Gasteiger partial charge < -0.3 is 9.64 Å². The number of nitriles is 1. The normalized spacial score (nSPS) is 18.7. The molecule has 1 fully saturated rings. The first-order chi connectivity index (χ1) is 9.11. The zero-order valence-electron chi connectivity index (χ0n) is 9.98. The van der Waals surface area contributed by atoms with E-state index in [1.165, 1.54) is 29.2 Å². The number of nitro benzene ring substituents is 1. The average molecular weight is 261 g/mol. The van der Waals surface area contributed by atoms with Crippen LogP contribution in [0.4, 0.5) is 5.69 Å². The molecular weight excluding hydrogens is 250 g/mol. The van der Waals surface area contributed by atoms with E-state index in [2.05, 4.69) is 0 Å². The molecule has 0 N–H and O–H groups in total. The average Bonchev–Trinajstić information content (AvgIpc) is 2.46. The van der Waals surface area contributed by atoms with Crippen LogP contribution in [-0.2, 0) is 4.74 Å². The maximum absolute atomic E-state index is 12.2. The van der Waals surface area contributed by atoms with Crippen LogP contribution in [0.25, 0.3) is 0 Å². The summed E-state index contributed by atoms with van der Waals surface area (Å²) in [6.07, 6.45) is -0.642. The number of benzene rings is 1. The third-order valence-corrected chi connectivity index (χ3v) is 2.80. The number of morpholine rings is 1. The molecule has 1 aliphatic rings. The Morgan fingerprint density at radius 3 is 3.05 bits per heavy atom. The van der Waals surface area contributed by atoms with E-state index in [4.69, 9.17) is 10.00 Å². The highest BCUT2D eigenvalue weighted by molar-refractivity contribution is 5.94. The Kier molecular flexibility index (Phi) is 3.73. The fourth-order valence-corrected chi connectivity index (χ4v) is 1.85. The van der Waals surface area contributed by atoms with Crippen LogP contribution in [0.2, 0.25) is 0 Å². The number of amides is 1. The van der Waals surface area contributed by atoms with Gasteiger partial charge in [0.2, 0.25) is 0 Å². The van der Waals surface area contributed by atoms with Crippen LogP contribution >= 0.6 is 0 Å². The molecule has 1 heterocycles. The van der Waals surface area contributed by atoms with E-state index >= 15 is 0 Å². The molecule has 1 aliphatic heterocycles. The van der Waals surface area contributed by atoms with Gasteiger partial charge in [-0.05, 0) is 6.07 Å². The molecule has 1 unspecified atom stereocenters. The number of rotatable bonds is 2. The summed E-state index contributed by atoms with van der Waals surface area (Å²) in [6, 6.07) is 7.49. The predicted molar refractivity (Wildman–Crippen MR) is 64.4 cm³/mol. The van der Waals surface area contributed by atoms with Gasteiger partial charge >= 0.3 is 0 Å². The molecule has 0 spiro atoms. The molecule has 98 valence electrons. The van der Waals surface area contributed by atoms with Crippen LogP contribution < -0.4 is 0 Å². The third kappa shape index (κ3) is 2.86. The van der Waals surface area contributed by atoms with Gasteiger partial charge in [-0.2, -0.15) is 5.26 Å². The van der Waals surface area contributed by atoms with Crippen molar-refractivity contribution in [1.29, 1.82) is 5.26 Å².